The normalized spacial score (nSPS) is 13.6. The van der Waals surface area contributed by atoms with Gasteiger partial charge in [-0.15, -0.1) is 11.3 Å². The highest BCUT2D eigenvalue weighted by molar-refractivity contribution is 7.18. The van der Waals surface area contributed by atoms with E-state index in [9.17, 15) is 9.82 Å². The Morgan fingerprint density at radius 2 is 2.11 bits per heavy atom. The van der Waals surface area contributed by atoms with Crippen LogP contribution in [0.2, 0.25) is 4.34 Å². The SMILES string of the molecule is O=C(c1ccc(Cl)s1)N1N=Cc2ccccc2B1O. The number of carbonyl (C=O) groups is 1. The summed E-state index contributed by atoms with van der Waals surface area (Å²) in [4.78, 5) is 13.7. The number of halogens is 1. The molecule has 94 valence electrons. The first-order valence-electron chi connectivity index (χ1n) is 5.56. The van der Waals surface area contributed by atoms with E-state index in [-0.39, 0.29) is 5.91 Å². The molecule has 0 aliphatic carbocycles. The number of hydrogen-bond acceptors (Lipinski definition) is 4. The molecule has 3 rings (SSSR count). The van der Waals surface area contributed by atoms with Crippen LogP contribution < -0.4 is 5.46 Å². The van der Waals surface area contributed by atoms with E-state index < -0.39 is 7.05 Å². The summed E-state index contributed by atoms with van der Waals surface area (Å²) >= 11 is 6.97. The molecule has 0 radical (unpaired) electrons. The molecular formula is C12H8BClN2O2S. The maximum absolute atomic E-state index is 12.2. The van der Waals surface area contributed by atoms with E-state index >= 15 is 0 Å². The molecule has 0 saturated heterocycles. The third-order valence-electron chi connectivity index (χ3n) is 2.82. The van der Waals surface area contributed by atoms with E-state index in [0.29, 0.717) is 14.7 Å². The molecule has 4 nitrogen and oxygen atoms in total. The van der Waals surface area contributed by atoms with E-state index in [1.54, 1.807) is 24.4 Å². The Morgan fingerprint density at radius 1 is 1.32 bits per heavy atom. The van der Waals surface area contributed by atoms with E-state index in [1.807, 2.05) is 18.2 Å². The van der Waals surface area contributed by atoms with E-state index in [4.69, 9.17) is 11.6 Å². The van der Waals surface area contributed by atoms with Crippen LogP contribution in [0.15, 0.2) is 41.5 Å². The van der Waals surface area contributed by atoms with E-state index in [1.165, 1.54) is 0 Å². The molecule has 0 fully saturated rings. The first-order valence-corrected chi connectivity index (χ1v) is 6.76. The van der Waals surface area contributed by atoms with Crippen LogP contribution in [0.5, 0.6) is 0 Å². The zero-order chi connectivity index (χ0) is 13.4. The molecule has 2 aromatic rings. The molecule has 1 aliphatic rings. The maximum Gasteiger partial charge on any atom is 0.474 e. The molecule has 2 heterocycles. The van der Waals surface area contributed by atoms with Crippen LogP contribution in [0.3, 0.4) is 0 Å². The summed E-state index contributed by atoms with van der Waals surface area (Å²) in [6.07, 6.45) is 1.56. The fourth-order valence-electron chi connectivity index (χ4n) is 1.89. The number of benzene rings is 1. The summed E-state index contributed by atoms with van der Waals surface area (Å²) < 4.78 is 0.527. The molecule has 0 atom stereocenters. The van der Waals surface area contributed by atoms with Gasteiger partial charge in [0.05, 0.1) is 15.4 Å². The number of carbonyl (C=O) groups excluding carboxylic acids is 1. The minimum absolute atomic E-state index is 0.366. The van der Waals surface area contributed by atoms with Crippen molar-refractivity contribution in [1.29, 1.82) is 0 Å². The average molecular weight is 291 g/mol. The van der Waals surface area contributed by atoms with Crippen LogP contribution in [-0.2, 0) is 0 Å². The van der Waals surface area contributed by atoms with Crippen molar-refractivity contribution in [2.75, 3.05) is 0 Å². The molecule has 19 heavy (non-hydrogen) atoms. The van der Waals surface area contributed by atoms with Crippen molar-refractivity contribution in [2.24, 2.45) is 5.10 Å². The Morgan fingerprint density at radius 3 is 2.84 bits per heavy atom. The van der Waals surface area contributed by atoms with Gasteiger partial charge in [-0.3, -0.25) is 4.79 Å². The summed E-state index contributed by atoms with van der Waals surface area (Å²) in [5, 5.41) is 14.2. The van der Waals surface area contributed by atoms with Crippen molar-refractivity contribution in [3.8, 4) is 0 Å². The first-order chi connectivity index (χ1) is 9.16. The molecule has 1 aromatic heterocycles. The maximum atomic E-state index is 12.2. The molecular weight excluding hydrogens is 282 g/mol. The third kappa shape index (κ3) is 2.18. The quantitative estimate of drug-likeness (QED) is 0.811. The largest absolute Gasteiger partial charge is 0.474 e. The van der Waals surface area contributed by atoms with Crippen molar-refractivity contribution in [1.82, 2.24) is 4.92 Å². The van der Waals surface area contributed by atoms with Crippen LogP contribution in [0.1, 0.15) is 15.2 Å². The lowest BCUT2D eigenvalue weighted by Gasteiger charge is -2.24. The second-order valence-corrected chi connectivity index (χ2v) is 5.72. The predicted octanol–water partition coefficient (Wildman–Crippen LogP) is 1.58. The lowest BCUT2D eigenvalue weighted by molar-refractivity contribution is 0.0850. The number of hydrazone groups is 1. The smallest absolute Gasteiger partial charge is 0.427 e. The molecule has 1 amide bonds. The van der Waals surface area contributed by atoms with Gasteiger partial charge in [-0.05, 0) is 23.2 Å². The molecule has 1 aromatic carbocycles. The fraction of sp³-hybridized carbons (Fsp3) is 0. The number of nitrogens with zero attached hydrogens (tertiary/aromatic N) is 2. The zero-order valence-corrected chi connectivity index (χ0v) is 11.2. The van der Waals surface area contributed by atoms with Gasteiger partial charge in [0.1, 0.15) is 0 Å². The molecule has 1 aliphatic heterocycles. The highest BCUT2D eigenvalue weighted by Crippen LogP contribution is 2.23. The van der Waals surface area contributed by atoms with E-state index in [2.05, 4.69) is 5.10 Å². The van der Waals surface area contributed by atoms with Gasteiger partial charge in [-0.2, -0.15) is 5.10 Å². The number of amides is 1. The van der Waals surface area contributed by atoms with Gasteiger partial charge in [0, 0.05) is 0 Å². The van der Waals surface area contributed by atoms with Gasteiger partial charge < -0.3 is 5.02 Å². The summed E-state index contributed by atoms with van der Waals surface area (Å²) in [5.74, 6) is -0.366. The second-order valence-electron chi connectivity index (χ2n) is 4.00. The Hall–Kier alpha value is -1.63. The molecule has 0 spiro atoms. The highest BCUT2D eigenvalue weighted by atomic mass is 35.5. The molecule has 0 saturated carbocycles. The van der Waals surface area contributed by atoms with Crippen molar-refractivity contribution >= 4 is 47.6 Å². The minimum atomic E-state index is -1.07. The highest BCUT2D eigenvalue weighted by Gasteiger charge is 2.34. The Balaban J connectivity index is 1.94. The molecule has 0 unspecified atom stereocenters. The lowest BCUT2D eigenvalue weighted by atomic mass is 9.70. The first kappa shape index (κ1) is 12.4. The van der Waals surface area contributed by atoms with Crippen molar-refractivity contribution in [3.63, 3.8) is 0 Å². The van der Waals surface area contributed by atoms with Crippen LogP contribution in [-0.4, -0.2) is 29.1 Å². The summed E-state index contributed by atoms with van der Waals surface area (Å²) in [6, 6.07) is 10.5. The van der Waals surface area contributed by atoms with Gasteiger partial charge in [0.25, 0.3) is 5.91 Å². The van der Waals surface area contributed by atoms with Gasteiger partial charge in [0.15, 0.2) is 0 Å². The summed E-state index contributed by atoms with van der Waals surface area (Å²) in [7, 11) is -1.07. The molecule has 7 heteroatoms. The van der Waals surface area contributed by atoms with Crippen LogP contribution >= 0.6 is 22.9 Å². The van der Waals surface area contributed by atoms with Crippen LogP contribution in [0, 0.1) is 0 Å². The second kappa shape index (κ2) is 4.81. The van der Waals surface area contributed by atoms with Crippen molar-refractivity contribution in [2.45, 2.75) is 0 Å². The number of rotatable bonds is 1. The number of fused-ring (bicyclic) bond motifs is 1. The average Bonchev–Trinajstić information content (AvgIpc) is 2.85. The minimum Gasteiger partial charge on any atom is -0.427 e. The van der Waals surface area contributed by atoms with Crippen molar-refractivity contribution < 1.29 is 9.82 Å². The van der Waals surface area contributed by atoms with Gasteiger partial charge >= 0.3 is 7.05 Å². The molecule has 0 bridgehead atoms. The number of hydrogen-bond donors (Lipinski definition) is 1. The third-order valence-corrected chi connectivity index (χ3v) is 4.04. The number of thiophene rings is 1. The Labute approximate surface area is 119 Å². The zero-order valence-electron chi connectivity index (χ0n) is 9.65. The topological polar surface area (TPSA) is 52.9 Å². The van der Waals surface area contributed by atoms with Gasteiger partial charge in [-0.1, -0.05) is 35.9 Å². The van der Waals surface area contributed by atoms with Crippen LogP contribution in [0.4, 0.5) is 0 Å². The summed E-state index contributed by atoms with van der Waals surface area (Å²) in [6.45, 7) is 0. The standard InChI is InChI=1S/C12H8BClN2O2S/c14-11-6-5-10(19-11)12(17)16-13(18)9-4-2-1-3-8(9)7-15-16/h1-7,18H. The van der Waals surface area contributed by atoms with Gasteiger partial charge in [-0.25, -0.2) is 4.92 Å². The van der Waals surface area contributed by atoms with Gasteiger partial charge in [0.2, 0.25) is 0 Å². The lowest BCUT2D eigenvalue weighted by Crippen LogP contribution is -2.52. The Bertz CT molecular complexity index is 673. The van der Waals surface area contributed by atoms with Crippen LogP contribution in [0.25, 0.3) is 0 Å². The fourth-order valence-corrected chi connectivity index (χ4v) is 2.86. The Kier molecular flexibility index (Phi) is 3.14. The predicted molar refractivity (Wildman–Crippen MR) is 77.1 cm³/mol. The monoisotopic (exact) mass is 290 g/mol. The summed E-state index contributed by atoms with van der Waals surface area (Å²) in [5.41, 5.74) is 1.47. The van der Waals surface area contributed by atoms with E-state index in [0.717, 1.165) is 21.8 Å². The van der Waals surface area contributed by atoms with Crippen molar-refractivity contribution in [3.05, 3.63) is 51.2 Å². The molecule has 1 N–H and O–H groups in total.